The first-order valence-electron chi connectivity index (χ1n) is 10.0. The van der Waals surface area contributed by atoms with Crippen LogP contribution in [0.15, 0.2) is 109 Å². The van der Waals surface area contributed by atoms with Crippen LogP contribution in [0.5, 0.6) is 0 Å². The second-order valence-electron chi connectivity index (χ2n) is 6.94. The van der Waals surface area contributed by atoms with E-state index < -0.39 is 0 Å². The van der Waals surface area contributed by atoms with Gasteiger partial charge in [-0.2, -0.15) is 0 Å². The molecule has 0 saturated heterocycles. The fraction of sp³-hybridized carbons (Fsp3) is 0.143. The van der Waals surface area contributed by atoms with Crippen molar-refractivity contribution < 1.29 is 0 Å². The highest BCUT2D eigenvalue weighted by Gasteiger charge is 2.11. The Morgan fingerprint density at radius 3 is 1.68 bits per heavy atom. The summed E-state index contributed by atoms with van der Waals surface area (Å²) in [5.41, 5.74) is 6.88. The standard InChI is InChI=1S/C20H20.C8H8/c1-3-9-17(10-4-1)15-16-19-13-7-8-14-20(19)18-11-5-2-6-12-18;1-2-8-6-4-3-5-7-8/h1-6,9-12,15-16H,7-8,13-14H2;2-7H,1H2. The normalized spacial score (nSPS) is 13.7. The van der Waals surface area contributed by atoms with Crippen molar-refractivity contribution in [3.8, 4) is 0 Å². The van der Waals surface area contributed by atoms with E-state index in [4.69, 9.17) is 0 Å². The lowest BCUT2D eigenvalue weighted by atomic mass is 9.87. The van der Waals surface area contributed by atoms with E-state index >= 15 is 0 Å². The number of benzene rings is 3. The van der Waals surface area contributed by atoms with Gasteiger partial charge in [-0.3, -0.25) is 0 Å². The van der Waals surface area contributed by atoms with E-state index in [0.717, 1.165) is 0 Å². The van der Waals surface area contributed by atoms with E-state index in [1.807, 2.05) is 36.4 Å². The third kappa shape index (κ3) is 5.96. The lowest BCUT2D eigenvalue weighted by Gasteiger charge is -2.18. The van der Waals surface area contributed by atoms with Gasteiger partial charge in [0, 0.05) is 0 Å². The molecule has 3 aromatic carbocycles. The summed E-state index contributed by atoms with van der Waals surface area (Å²) in [6.45, 7) is 3.63. The minimum absolute atomic E-state index is 1.17. The number of hydrogen-bond acceptors (Lipinski definition) is 0. The van der Waals surface area contributed by atoms with Gasteiger partial charge in [0.05, 0.1) is 0 Å². The molecule has 0 N–H and O–H groups in total. The van der Waals surface area contributed by atoms with Crippen molar-refractivity contribution in [2.24, 2.45) is 0 Å². The molecule has 28 heavy (non-hydrogen) atoms. The molecule has 0 radical (unpaired) electrons. The lowest BCUT2D eigenvalue weighted by molar-refractivity contribution is 0.725. The fourth-order valence-corrected chi connectivity index (χ4v) is 3.43. The van der Waals surface area contributed by atoms with Crippen LogP contribution in [-0.2, 0) is 0 Å². The number of allylic oxidation sites excluding steroid dienone is 3. The third-order valence-corrected chi connectivity index (χ3v) is 4.94. The van der Waals surface area contributed by atoms with Crippen molar-refractivity contribution in [3.63, 3.8) is 0 Å². The van der Waals surface area contributed by atoms with Gasteiger partial charge in [0.1, 0.15) is 0 Å². The van der Waals surface area contributed by atoms with Crippen LogP contribution < -0.4 is 0 Å². The molecule has 0 bridgehead atoms. The van der Waals surface area contributed by atoms with Gasteiger partial charge in [0.25, 0.3) is 0 Å². The van der Waals surface area contributed by atoms with Crippen LogP contribution >= 0.6 is 0 Å². The molecule has 1 aliphatic rings. The van der Waals surface area contributed by atoms with E-state index in [-0.39, 0.29) is 0 Å². The fourth-order valence-electron chi connectivity index (χ4n) is 3.43. The Balaban J connectivity index is 0.000000236. The second-order valence-corrected chi connectivity index (χ2v) is 6.94. The molecule has 3 aromatic rings. The predicted octanol–water partition coefficient (Wildman–Crippen LogP) is 8.06. The summed E-state index contributed by atoms with van der Waals surface area (Å²) in [5.74, 6) is 0. The van der Waals surface area contributed by atoms with Crippen LogP contribution in [0.1, 0.15) is 42.4 Å². The monoisotopic (exact) mass is 364 g/mol. The smallest absolute Gasteiger partial charge is 0.0222 e. The van der Waals surface area contributed by atoms with Crippen molar-refractivity contribution in [1.29, 1.82) is 0 Å². The van der Waals surface area contributed by atoms with Crippen molar-refractivity contribution >= 4 is 17.7 Å². The first-order chi connectivity index (χ1) is 13.9. The molecule has 0 atom stereocenters. The summed E-state index contributed by atoms with van der Waals surface area (Å²) in [5, 5.41) is 0. The maximum Gasteiger partial charge on any atom is -0.0222 e. The molecule has 0 nitrogen and oxygen atoms in total. The summed E-state index contributed by atoms with van der Waals surface area (Å²) < 4.78 is 0. The minimum atomic E-state index is 1.17. The van der Waals surface area contributed by atoms with Gasteiger partial charge in [-0.15, -0.1) is 0 Å². The van der Waals surface area contributed by atoms with E-state index in [2.05, 4.69) is 79.4 Å². The zero-order valence-corrected chi connectivity index (χ0v) is 16.4. The molecule has 0 saturated carbocycles. The van der Waals surface area contributed by atoms with Gasteiger partial charge >= 0.3 is 0 Å². The Kier molecular flexibility index (Phi) is 7.64. The van der Waals surface area contributed by atoms with Crippen LogP contribution in [0.4, 0.5) is 0 Å². The lowest BCUT2D eigenvalue weighted by Crippen LogP contribution is -1.97. The van der Waals surface area contributed by atoms with Crippen LogP contribution in [0, 0.1) is 0 Å². The van der Waals surface area contributed by atoms with Gasteiger partial charge in [0.2, 0.25) is 0 Å². The Bertz CT molecular complexity index is 900. The number of hydrogen-bond donors (Lipinski definition) is 0. The molecule has 0 heteroatoms. The predicted molar refractivity (Wildman–Crippen MR) is 124 cm³/mol. The maximum atomic E-state index is 3.63. The number of rotatable bonds is 4. The minimum Gasteiger partial charge on any atom is -0.0985 e. The van der Waals surface area contributed by atoms with Crippen molar-refractivity contribution in [1.82, 2.24) is 0 Å². The van der Waals surface area contributed by atoms with E-state index in [9.17, 15) is 0 Å². The van der Waals surface area contributed by atoms with Crippen LogP contribution in [-0.4, -0.2) is 0 Å². The molecule has 0 aromatic heterocycles. The second kappa shape index (κ2) is 10.9. The molecule has 0 heterocycles. The van der Waals surface area contributed by atoms with Crippen molar-refractivity contribution in [2.75, 3.05) is 0 Å². The zero-order valence-electron chi connectivity index (χ0n) is 16.4. The van der Waals surface area contributed by atoms with Crippen LogP contribution in [0.3, 0.4) is 0 Å². The zero-order chi connectivity index (χ0) is 19.4. The molecule has 0 amide bonds. The van der Waals surface area contributed by atoms with E-state index in [0.29, 0.717) is 0 Å². The molecule has 0 aliphatic heterocycles. The maximum absolute atomic E-state index is 3.63. The molecule has 0 unspecified atom stereocenters. The Morgan fingerprint density at radius 2 is 1.11 bits per heavy atom. The Hall–Kier alpha value is -3.12. The summed E-state index contributed by atoms with van der Waals surface area (Å²) in [6, 6.07) is 31.4. The summed E-state index contributed by atoms with van der Waals surface area (Å²) in [7, 11) is 0. The first kappa shape index (κ1) is 19.6. The summed E-state index contributed by atoms with van der Waals surface area (Å²) >= 11 is 0. The van der Waals surface area contributed by atoms with Gasteiger partial charge in [0.15, 0.2) is 0 Å². The summed E-state index contributed by atoms with van der Waals surface area (Å²) in [6.07, 6.45) is 11.4. The molecular weight excluding hydrogens is 336 g/mol. The van der Waals surface area contributed by atoms with E-state index in [1.54, 1.807) is 0 Å². The average Bonchev–Trinajstić information content (AvgIpc) is 2.80. The SMILES string of the molecule is C(=Cc1ccccc1)C1=C(c2ccccc2)CCCC1.C=Cc1ccccc1. The molecule has 0 fully saturated rings. The van der Waals surface area contributed by atoms with Gasteiger partial charge in [-0.1, -0.05) is 116 Å². The Morgan fingerprint density at radius 1 is 0.571 bits per heavy atom. The van der Waals surface area contributed by atoms with Gasteiger partial charge in [-0.05, 0) is 53.5 Å². The largest absolute Gasteiger partial charge is 0.0985 e. The highest BCUT2D eigenvalue weighted by Crippen LogP contribution is 2.33. The van der Waals surface area contributed by atoms with Crippen molar-refractivity contribution in [3.05, 3.63) is 126 Å². The van der Waals surface area contributed by atoms with Crippen LogP contribution in [0.25, 0.3) is 17.7 Å². The molecule has 140 valence electrons. The molecule has 4 rings (SSSR count). The highest BCUT2D eigenvalue weighted by molar-refractivity contribution is 5.73. The first-order valence-corrected chi connectivity index (χ1v) is 10.0. The Labute approximate surface area is 169 Å². The van der Waals surface area contributed by atoms with E-state index in [1.165, 1.54) is 53.5 Å². The molecule has 0 spiro atoms. The van der Waals surface area contributed by atoms with Crippen molar-refractivity contribution in [2.45, 2.75) is 25.7 Å². The average molecular weight is 365 g/mol. The van der Waals surface area contributed by atoms with Crippen LogP contribution in [0.2, 0.25) is 0 Å². The van der Waals surface area contributed by atoms with Gasteiger partial charge < -0.3 is 0 Å². The summed E-state index contributed by atoms with van der Waals surface area (Å²) in [4.78, 5) is 0. The van der Waals surface area contributed by atoms with Gasteiger partial charge in [-0.25, -0.2) is 0 Å². The quantitative estimate of drug-likeness (QED) is 0.439. The highest BCUT2D eigenvalue weighted by atomic mass is 14.2. The molecular formula is C28H28. The topological polar surface area (TPSA) is 0 Å². The third-order valence-electron chi connectivity index (χ3n) is 4.94. The molecule has 1 aliphatic carbocycles.